The molecular formula is C47H38Br2FN13O4S4. The molecule has 6 aromatic heterocycles. The van der Waals surface area contributed by atoms with Crippen LogP contribution in [0.5, 0.6) is 0 Å². The van der Waals surface area contributed by atoms with Crippen molar-refractivity contribution in [1.29, 1.82) is 0 Å². The maximum Gasteiger partial charge on any atom is 0.265 e. The zero-order valence-corrected chi connectivity index (χ0v) is 43.0. The molecule has 0 saturated heterocycles. The van der Waals surface area contributed by atoms with E-state index in [1.54, 1.807) is 55.0 Å². The fraction of sp³-hybridized carbons (Fsp3) is 0.0213. The smallest absolute Gasteiger partial charge is 0.265 e. The molecule has 71 heavy (non-hydrogen) atoms. The first-order valence-corrected chi connectivity index (χ1v) is 25.0. The molecule has 0 unspecified atom stereocenters. The SMILES string of the molecule is NC(=O)c1ccc(Br)cc1F.Nc1ccncn1.O=c1[nH]sc2cc(Br)ccc12.O=c1[nH]sc2cc(Nc3ccncn3)ccc12.O=c1[nH]sc2cc(Nc3ccncn3)ccc12.SCc1ccccc1. The lowest BCUT2D eigenvalue weighted by Gasteiger charge is -2.03. The van der Waals surface area contributed by atoms with Gasteiger partial charge in [-0.05, 0) is 96.6 Å². The van der Waals surface area contributed by atoms with E-state index in [1.165, 1.54) is 71.3 Å². The van der Waals surface area contributed by atoms with E-state index >= 15 is 0 Å². The molecule has 11 aromatic rings. The molecule has 24 heteroatoms. The maximum absolute atomic E-state index is 12.8. The minimum absolute atomic E-state index is 0.00231. The van der Waals surface area contributed by atoms with Gasteiger partial charge in [-0.25, -0.2) is 34.3 Å². The number of rotatable bonds is 6. The van der Waals surface area contributed by atoms with Crippen molar-refractivity contribution >= 4 is 144 Å². The molecule has 0 spiro atoms. The molecule has 11 rings (SSSR count). The van der Waals surface area contributed by atoms with Gasteiger partial charge in [0, 0.05) is 44.7 Å². The van der Waals surface area contributed by atoms with Gasteiger partial charge in [-0.2, -0.15) is 12.6 Å². The first-order valence-electron chi connectivity index (χ1n) is 20.3. The van der Waals surface area contributed by atoms with E-state index in [2.05, 4.69) is 110 Å². The van der Waals surface area contributed by atoms with Crippen LogP contribution in [0.4, 0.5) is 33.2 Å². The molecule has 0 atom stereocenters. The van der Waals surface area contributed by atoms with Crippen LogP contribution in [-0.4, -0.2) is 48.9 Å². The van der Waals surface area contributed by atoms with Crippen molar-refractivity contribution in [1.82, 2.24) is 43.0 Å². The molecule has 0 bridgehead atoms. The van der Waals surface area contributed by atoms with Gasteiger partial charge in [-0.3, -0.25) is 32.3 Å². The molecule has 17 nitrogen and oxygen atoms in total. The summed E-state index contributed by atoms with van der Waals surface area (Å²) in [5.41, 5.74) is 13.0. The summed E-state index contributed by atoms with van der Waals surface area (Å²) in [6.07, 6.45) is 9.31. The molecule has 0 aliphatic rings. The number of nitrogen functional groups attached to an aromatic ring is 1. The number of amides is 1. The summed E-state index contributed by atoms with van der Waals surface area (Å²) in [4.78, 5) is 67.4. The van der Waals surface area contributed by atoms with E-state index in [4.69, 9.17) is 11.5 Å². The number of nitrogens with zero attached hydrogens (tertiary/aromatic N) is 6. The van der Waals surface area contributed by atoms with Crippen molar-refractivity contribution in [3.63, 3.8) is 0 Å². The van der Waals surface area contributed by atoms with Crippen molar-refractivity contribution in [2.75, 3.05) is 16.4 Å². The number of hydrogen-bond acceptors (Lipinski definition) is 17. The predicted molar refractivity (Wildman–Crippen MR) is 294 cm³/mol. The topological polar surface area (TPSA) is 269 Å². The molecule has 5 aromatic carbocycles. The highest BCUT2D eigenvalue weighted by atomic mass is 79.9. The number of thiol groups is 1. The summed E-state index contributed by atoms with van der Waals surface area (Å²) in [5, 5.41) is 8.47. The number of carbonyl (C=O) groups is 1. The van der Waals surface area contributed by atoms with Gasteiger partial charge in [-0.1, -0.05) is 96.8 Å². The number of primary amides is 1. The van der Waals surface area contributed by atoms with Crippen molar-refractivity contribution < 1.29 is 9.18 Å². The van der Waals surface area contributed by atoms with Gasteiger partial charge < -0.3 is 22.1 Å². The van der Waals surface area contributed by atoms with Crippen LogP contribution < -0.4 is 38.8 Å². The van der Waals surface area contributed by atoms with E-state index in [0.717, 1.165) is 52.7 Å². The molecule has 0 aliphatic heterocycles. The van der Waals surface area contributed by atoms with Gasteiger partial charge >= 0.3 is 0 Å². The lowest BCUT2D eigenvalue weighted by atomic mass is 10.2. The Kier molecular flexibility index (Phi) is 20.2. The monoisotopic (exact) mass is 1150 g/mol. The lowest BCUT2D eigenvalue weighted by molar-refractivity contribution is 0.0996. The fourth-order valence-corrected chi connectivity index (χ4v) is 8.94. The van der Waals surface area contributed by atoms with Crippen LogP contribution in [0, 0.1) is 5.82 Å². The van der Waals surface area contributed by atoms with E-state index in [0.29, 0.717) is 21.1 Å². The van der Waals surface area contributed by atoms with Crippen molar-refractivity contribution in [2.45, 2.75) is 5.75 Å². The summed E-state index contributed by atoms with van der Waals surface area (Å²) < 4.78 is 25.3. The summed E-state index contributed by atoms with van der Waals surface area (Å²) in [6, 6.07) is 36.2. The number of anilines is 5. The maximum atomic E-state index is 12.8. The van der Waals surface area contributed by atoms with Crippen molar-refractivity contribution in [3.05, 3.63) is 216 Å². The van der Waals surface area contributed by atoms with E-state index in [-0.39, 0.29) is 22.2 Å². The molecular weight excluding hydrogens is 1120 g/mol. The van der Waals surface area contributed by atoms with Crippen LogP contribution in [0.15, 0.2) is 182 Å². The number of nitrogens with two attached hydrogens (primary N) is 2. The van der Waals surface area contributed by atoms with Gasteiger partial charge in [0.2, 0.25) is 0 Å². The molecule has 6 heterocycles. The first-order chi connectivity index (χ1) is 34.4. The van der Waals surface area contributed by atoms with Gasteiger partial charge in [0.1, 0.15) is 42.3 Å². The second-order valence-corrected chi connectivity index (χ2v) is 18.6. The number of fused-ring (bicyclic) bond motifs is 3. The minimum atomic E-state index is -0.755. The Hall–Kier alpha value is -7.48. The Morgan fingerprint density at radius 3 is 1.44 bits per heavy atom. The average Bonchev–Trinajstić information content (AvgIpc) is 4.07. The zero-order chi connectivity index (χ0) is 50.5. The Morgan fingerprint density at radius 1 is 0.592 bits per heavy atom. The molecule has 1 amide bonds. The molecule has 360 valence electrons. The number of aromatic amines is 3. The Labute approximate surface area is 436 Å². The van der Waals surface area contributed by atoms with Crippen LogP contribution in [0.2, 0.25) is 0 Å². The molecule has 0 saturated carbocycles. The third-order valence-corrected chi connectivity index (χ3v) is 12.8. The van der Waals surface area contributed by atoms with E-state index in [1.807, 2.05) is 60.7 Å². The van der Waals surface area contributed by atoms with E-state index in [9.17, 15) is 23.6 Å². The van der Waals surface area contributed by atoms with Crippen LogP contribution in [-0.2, 0) is 5.75 Å². The quantitative estimate of drug-likeness (QED) is 0.0721. The minimum Gasteiger partial charge on any atom is -0.384 e. The van der Waals surface area contributed by atoms with Crippen molar-refractivity contribution in [2.24, 2.45) is 5.73 Å². The summed E-state index contributed by atoms with van der Waals surface area (Å²) in [6.45, 7) is 0. The van der Waals surface area contributed by atoms with E-state index < -0.39 is 11.7 Å². The van der Waals surface area contributed by atoms with Gasteiger partial charge in [0.15, 0.2) is 0 Å². The second-order valence-electron chi connectivity index (χ2n) is 13.9. The fourth-order valence-electron chi connectivity index (χ4n) is 5.58. The van der Waals surface area contributed by atoms with Gasteiger partial charge in [0.25, 0.3) is 22.6 Å². The Bertz CT molecular complexity index is 3480. The highest BCUT2D eigenvalue weighted by molar-refractivity contribution is 9.10. The molecule has 0 aliphatic carbocycles. The molecule has 0 radical (unpaired) electrons. The number of benzene rings is 5. The Morgan fingerprint density at radius 2 is 1.04 bits per heavy atom. The highest BCUT2D eigenvalue weighted by Gasteiger charge is 2.07. The van der Waals surface area contributed by atoms with Crippen LogP contribution in [0.25, 0.3) is 30.3 Å². The molecule has 0 fully saturated rings. The largest absolute Gasteiger partial charge is 0.384 e. The second kappa shape index (κ2) is 27.1. The third-order valence-electron chi connectivity index (χ3n) is 8.94. The zero-order valence-electron chi connectivity index (χ0n) is 36.5. The van der Waals surface area contributed by atoms with Crippen molar-refractivity contribution in [3.8, 4) is 0 Å². The summed E-state index contributed by atoms with van der Waals surface area (Å²) in [5.74, 6) is 1.43. The third kappa shape index (κ3) is 16.6. The average molecular weight is 1160 g/mol. The normalized spacial score (nSPS) is 10.1. The predicted octanol–water partition coefficient (Wildman–Crippen LogP) is 10.5. The number of H-pyrrole nitrogens is 3. The van der Waals surface area contributed by atoms with Crippen LogP contribution in [0.1, 0.15) is 15.9 Å². The first kappa shape index (κ1) is 52.9. The number of hydrogen-bond donors (Lipinski definition) is 8. The van der Waals surface area contributed by atoms with Crippen LogP contribution in [0.3, 0.4) is 0 Å². The van der Waals surface area contributed by atoms with Crippen LogP contribution >= 0.6 is 79.1 Å². The summed E-state index contributed by atoms with van der Waals surface area (Å²) >= 11 is 14.5. The standard InChI is InChI=1S/2C11H8N4OS.C7H5BrFNO.C7H4BrNOS.C7H8S.C4H5N3/c2*16-11-8-2-1-7(5-9(8)17-15-11)14-10-3-4-12-6-13-10;8-4-1-2-5(7(10)11)6(9)3-4;8-4-1-2-5-6(3-4)11-9-7(5)10;8-6-7-4-2-1-3-5-7;5-4-1-2-6-3-7-4/h2*1-6H,(H,15,16)(H,12,13,14);1-3H,(H2,10,11);1-3H,(H,9,10);1-5,8H,6H2;1-3H,(H2,5,6,7). The molecule has 9 N–H and O–H groups in total. The Balaban J connectivity index is 0.000000144. The highest BCUT2D eigenvalue weighted by Crippen LogP contribution is 2.23. The van der Waals surface area contributed by atoms with Gasteiger partial charge in [0.05, 0.1) is 35.8 Å². The number of aromatic nitrogens is 9. The number of carbonyl (C=O) groups excluding carboxylic acids is 1. The number of halogens is 3. The van der Waals surface area contributed by atoms with Gasteiger partial charge in [-0.15, -0.1) is 0 Å². The lowest BCUT2D eigenvalue weighted by Crippen LogP contribution is -2.12. The summed E-state index contributed by atoms with van der Waals surface area (Å²) in [7, 11) is 0. The number of nitrogens with one attached hydrogen (secondary N) is 5.